The Bertz CT molecular complexity index is 1480. The largest absolute Gasteiger partial charge is 0.496 e. The van der Waals surface area contributed by atoms with Crippen molar-refractivity contribution >= 4 is 11.3 Å². The van der Waals surface area contributed by atoms with Gasteiger partial charge in [-0.1, -0.05) is 12.1 Å². The van der Waals surface area contributed by atoms with E-state index >= 15 is 0 Å². The summed E-state index contributed by atoms with van der Waals surface area (Å²) in [7, 11) is 6.92. The number of benzene rings is 2. The summed E-state index contributed by atoms with van der Waals surface area (Å²) in [5, 5.41) is 0. The minimum atomic E-state index is -0.543. The fourth-order valence-electron chi connectivity index (χ4n) is 6.10. The van der Waals surface area contributed by atoms with E-state index < -0.39 is 11.2 Å². The molecule has 0 bridgehead atoms. The molecule has 0 atom stereocenters. The topological polar surface area (TPSA) is 73.8 Å². The maximum atomic E-state index is 6.72. The van der Waals surface area contributed by atoms with Crippen LogP contribution < -0.4 is 18.9 Å². The highest BCUT2D eigenvalue weighted by Crippen LogP contribution is 2.54. The quantitative estimate of drug-likeness (QED) is 0.100. The van der Waals surface area contributed by atoms with Gasteiger partial charge in [-0.25, -0.2) is 0 Å². The lowest BCUT2D eigenvalue weighted by Crippen LogP contribution is -2.33. The van der Waals surface area contributed by atoms with Gasteiger partial charge in [-0.2, -0.15) is 0 Å². The van der Waals surface area contributed by atoms with E-state index in [-0.39, 0.29) is 23.4 Å². The third-order valence-corrected chi connectivity index (χ3v) is 10.7. The molecule has 298 valence electrons. The number of methoxy groups -OCH3 is 4. The first kappa shape index (κ1) is 44.6. The molecule has 0 unspecified atom stereocenters. The number of hydrogen-bond acceptors (Lipinski definition) is 9. The van der Waals surface area contributed by atoms with Crippen LogP contribution in [0.15, 0.2) is 36.4 Å². The van der Waals surface area contributed by atoms with Gasteiger partial charge in [0.1, 0.15) is 23.0 Å². The van der Waals surface area contributed by atoms with Crippen LogP contribution in [0.1, 0.15) is 107 Å². The lowest BCUT2D eigenvalue weighted by atomic mass is 9.86. The molecule has 0 spiro atoms. The Hall–Kier alpha value is -2.82. The van der Waals surface area contributed by atoms with Crippen molar-refractivity contribution in [2.45, 2.75) is 143 Å². The van der Waals surface area contributed by atoms with Crippen molar-refractivity contribution in [1.82, 2.24) is 0 Å². The zero-order chi connectivity index (χ0) is 39.8. The normalized spacial score (nSPS) is 12.9. The number of thiophene rings is 1. The van der Waals surface area contributed by atoms with E-state index in [4.69, 9.17) is 37.9 Å². The standard InChI is InChI=1S/C44H68O8S/c1-29(2)51-35-21-17-19-33(45-13)37(35)39-31(27-43(9,10)49-25-23-41(5,6)47-15)32(28-44(11,12)50-26-24-42(7,8)48-16)40(53-39)38-34(46-14)20-18-22-36(38)52-30(3)4/h17-22,29-30H,23-28H2,1-16H3. The molecule has 3 aromatic rings. The van der Waals surface area contributed by atoms with Crippen molar-refractivity contribution in [3.05, 3.63) is 47.5 Å². The molecule has 53 heavy (non-hydrogen) atoms. The van der Waals surface area contributed by atoms with Crippen LogP contribution in [0.25, 0.3) is 20.9 Å². The summed E-state index contributed by atoms with van der Waals surface area (Å²) in [5.74, 6) is 2.99. The Balaban J connectivity index is 2.42. The van der Waals surface area contributed by atoms with Crippen molar-refractivity contribution in [2.24, 2.45) is 0 Å². The van der Waals surface area contributed by atoms with Gasteiger partial charge in [0, 0.05) is 36.8 Å². The molecule has 0 radical (unpaired) electrons. The third-order valence-electron chi connectivity index (χ3n) is 9.42. The third kappa shape index (κ3) is 12.6. The highest BCUT2D eigenvalue weighted by atomic mass is 32.1. The van der Waals surface area contributed by atoms with Crippen molar-refractivity contribution in [3.63, 3.8) is 0 Å². The molecule has 1 heterocycles. The zero-order valence-electron chi connectivity index (χ0n) is 35.5. The van der Waals surface area contributed by atoms with E-state index in [1.165, 1.54) is 0 Å². The van der Waals surface area contributed by atoms with Crippen LogP contribution in [-0.4, -0.2) is 76.3 Å². The Morgan fingerprint density at radius 1 is 0.509 bits per heavy atom. The lowest BCUT2D eigenvalue weighted by molar-refractivity contribution is -0.0601. The fourth-order valence-corrected chi connectivity index (χ4v) is 7.54. The molecule has 2 aromatic carbocycles. The molecule has 0 saturated heterocycles. The number of ether oxygens (including phenoxy) is 8. The van der Waals surface area contributed by atoms with Crippen molar-refractivity contribution < 1.29 is 37.9 Å². The molecule has 0 aliphatic rings. The zero-order valence-corrected chi connectivity index (χ0v) is 36.4. The lowest BCUT2D eigenvalue weighted by Gasteiger charge is -2.32. The van der Waals surface area contributed by atoms with Crippen LogP contribution in [0.3, 0.4) is 0 Å². The van der Waals surface area contributed by atoms with Crippen molar-refractivity contribution in [3.8, 4) is 43.9 Å². The average Bonchev–Trinajstić information content (AvgIpc) is 3.38. The Morgan fingerprint density at radius 2 is 0.849 bits per heavy atom. The number of hydrogen-bond donors (Lipinski definition) is 0. The molecular weight excluding hydrogens is 689 g/mol. The molecule has 0 fully saturated rings. The molecule has 1 aromatic heterocycles. The predicted molar refractivity (Wildman–Crippen MR) is 219 cm³/mol. The van der Waals surface area contributed by atoms with Gasteiger partial charge < -0.3 is 37.9 Å². The maximum Gasteiger partial charge on any atom is 0.132 e. The van der Waals surface area contributed by atoms with E-state index in [2.05, 4.69) is 55.4 Å². The second-order valence-electron chi connectivity index (χ2n) is 16.7. The SMILES string of the molecule is COc1cccc(OC(C)C)c1-c1sc(-c2c(OC)cccc2OC(C)C)c(CC(C)(C)OCCC(C)(C)OC)c1CC(C)(C)OCCC(C)(C)OC. The summed E-state index contributed by atoms with van der Waals surface area (Å²) in [5.41, 5.74) is 2.44. The second-order valence-corrected chi connectivity index (χ2v) is 17.7. The van der Waals surface area contributed by atoms with Gasteiger partial charge in [0.05, 0.1) is 73.2 Å². The van der Waals surface area contributed by atoms with Crippen LogP contribution in [0.5, 0.6) is 23.0 Å². The molecule has 0 N–H and O–H groups in total. The highest BCUT2D eigenvalue weighted by Gasteiger charge is 2.35. The summed E-state index contributed by atoms with van der Waals surface area (Å²) >= 11 is 1.71. The van der Waals surface area contributed by atoms with Crippen LogP contribution in [0, 0.1) is 0 Å². The average molecular weight is 757 g/mol. The molecular formula is C44H68O8S. The van der Waals surface area contributed by atoms with Crippen molar-refractivity contribution in [1.29, 1.82) is 0 Å². The van der Waals surface area contributed by atoms with Gasteiger partial charge in [-0.3, -0.25) is 0 Å². The summed E-state index contributed by atoms with van der Waals surface area (Å²) in [6, 6.07) is 12.0. The van der Waals surface area contributed by atoms with Crippen LogP contribution in [-0.2, 0) is 31.8 Å². The van der Waals surface area contributed by atoms with E-state index in [1.807, 2.05) is 64.1 Å². The minimum Gasteiger partial charge on any atom is -0.496 e. The monoisotopic (exact) mass is 756 g/mol. The molecule has 0 amide bonds. The van der Waals surface area contributed by atoms with Crippen LogP contribution >= 0.6 is 11.3 Å². The Kier molecular flexibility index (Phi) is 15.7. The molecule has 9 heteroatoms. The van der Waals surface area contributed by atoms with E-state index in [0.717, 1.165) is 67.8 Å². The highest BCUT2D eigenvalue weighted by molar-refractivity contribution is 7.19. The van der Waals surface area contributed by atoms with Gasteiger partial charge in [0.25, 0.3) is 0 Å². The molecule has 0 aliphatic carbocycles. The molecule has 0 saturated carbocycles. The first-order valence-electron chi connectivity index (χ1n) is 18.9. The Labute approximate surface area is 324 Å². The van der Waals surface area contributed by atoms with Gasteiger partial charge >= 0.3 is 0 Å². The van der Waals surface area contributed by atoms with Gasteiger partial charge in [-0.15, -0.1) is 11.3 Å². The van der Waals surface area contributed by atoms with Gasteiger partial charge in [0.15, 0.2) is 0 Å². The maximum absolute atomic E-state index is 6.72. The van der Waals surface area contributed by atoms with Gasteiger partial charge in [0.2, 0.25) is 0 Å². The Morgan fingerprint density at radius 3 is 1.15 bits per heavy atom. The van der Waals surface area contributed by atoms with E-state index in [9.17, 15) is 0 Å². The second kappa shape index (κ2) is 18.7. The minimum absolute atomic E-state index is 0.0453. The first-order chi connectivity index (χ1) is 24.7. The van der Waals surface area contributed by atoms with Crippen LogP contribution in [0.4, 0.5) is 0 Å². The summed E-state index contributed by atoms with van der Waals surface area (Å²) in [4.78, 5) is 2.10. The first-order valence-corrected chi connectivity index (χ1v) is 19.7. The van der Waals surface area contributed by atoms with E-state index in [0.29, 0.717) is 26.1 Å². The van der Waals surface area contributed by atoms with Gasteiger partial charge in [-0.05, 0) is 131 Å². The molecule has 3 rings (SSSR count). The van der Waals surface area contributed by atoms with Crippen molar-refractivity contribution in [2.75, 3.05) is 41.7 Å². The fraction of sp³-hybridized carbons (Fsp3) is 0.636. The summed E-state index contributed by atoms with van der Waals surface area (Å²) < 4.78 is 50.1. The smallest absolute Gasteiger partial charge is 0.132 e. The van der Waals surface area contributed by atoms with E-state index in [1.54, 1.807) is 39.8 Å². The molecule has 8 nitrogen and oxygen atoms in total. The van der Waals surface area contributed by atoms with Crippen LogP contribution in [0.2, 0.25) is 0 Å². The molecule has 0 aliphatic heterocycles. The number of rotatable bonds is 22. The summed E-state index contributed by atoms with van der Waals surface area (Å²) in [6.07, 6.45) is 2.66. The predicted octanol–water partition coefficient (Wildman–Crippen LogP) is 11.0. The summed E-state index contributed by atoms with van der Waals surface area (Å²) in [6.45, 7) is 26.3.